The van der Waals surface area contributed by atoms with Gasteiger partial charge in [-0.3, -0.25) is 4.79 Å². The van der Waals surface area contributed by atoms with Crippen LogP contribution in [0.25, 0.3) is 0 Å². The molecule has 0 aliphatic carbocycles. The van der Waals surface area contributed by atoms with Crippen molar-refractivity contribution in [3.63, 3.8) is 0 Å². The number of carbonyl (C=O) groups is 2. The lowest BCUT2D eigenvalue weighted by molar-refractivity contribution is -0.145. The van der Waals surface area contributed by atoms with Gasteiger partial charge in [0.05, 0.1) is 5.92 Å². The van der Waals surface area contributed by atoms with Gasteiger partial charge in [-0.2, -0.15) is 0 Å². The lowest BCUT2D eigenvalue weighted by Gasteiger charge is -2.41. The van der Waals surface area contributed by atoms with Gasteiger partial charge in [0.25, 0.3) is 0 Å². The molecule has 0 aromatic carbocycles. The van der Waals surface area contributed by atoms with Crippen LogP contribution in [0.3, 0.4) is 0 Å². The summed E-state index contributed by atoms with van der Waals surface area (Å²) in [5, 5.41) is 9.08. The molecule has 5 nitrogen and oxygen atoms in total. The normalized spacial score (nSPS) is 28.6. The molecule has 5 heteroatoms. The third-order valence-electron chi connectivity index (χ3n) is 3.24. The van der Waals surface area contributed by atoms with Crippen LogP contribution in [0, 0.1) is 5.92 Å². The van der Waals surface area contributed by atoms with E-state index in [2.05, 4.69) is 6.58 Å². The summed E-state index contributed by atoms with van der Waals surface area (Å²) in [6.07, 6.45) is 2.31. The average Bonchev–Trinajstić information content (AvgIpc) is 2.25. The largest absolute Gasteiger partial charge is 0.481 e. The number of aliphatic carboxylic acids is 1. The fourth-order valence-corrected chi connectivity index (χ4v) is 2.28. The molecule has 0 aromatic rings. The second-order valence-corrected chi connectivity index (χ2v) is 4.38. The molecule has 0 radical (unpaired) electrons. The number of hydrogen-bond donors (Lipinski definition) is 1. The van der Waals surface area contributed by atoms with Gasteiger partial charge < -0.3 is 14.7 Å². The maximum atomic E-state index is 11.8. The molecular weight excluding hydrogens is 222 g/mol. The number of nitrogens with zero attached hydrogens (tertiary/aromatic N) is 1. The van der Waals surface area contributed by atoms with Crippen molar-refractivity contribution in [2.45, 2.75) is 38.8 Å². The van der Waals surface area contributed by atoms with Crippen molar-refractivity contribution >= 4 is 12.1 Å². The number of rotatable bonds is 3. The van der Waals surface area contributed by atoms with E-state index in [1.807, 2.05) is 6.92 Å². The molecule has 0 aromatic heterocycles. The van der Waals surface area contributed by atoms with E-state index in [0.29, 0.717) is 12.8 Å². The second kappa shape index (κ2) is 5.70. The zero-order valence-corrected chi connectivity index (χ0v) is 10.3. The quantitative estimate of drug-likeness (QED) is 0.766. The summed E-state index contributed by atoms with van der Waals surface area (Å²) in [5.74, 6) is -1.37. The molecule has 1 fully saturated rings. The first-order valence-electron chi connectivity index (χ1n) is 5.77. The molecule has 3 unspecified atom stereocenters. The minimum atomic E-state index is -0.856. The van der Waals surface area contributed by atoms with Gasteiger partial charge in [-0.1, -0.05) is 12.7 Å². The molecule has 1 rings (SSSR count). The maximum absolute atomic E-state index is 11.8. The smallest absolute Gasteiger partial charge is 0.410 e. The summed E-state index contributed by atoms with van der Waals surface area (Å²) in [5.41, 5.74) is 0. The van der Waals surface area contributed by atoms with E-state index in [-0.39, 0.29) is 18.7 Å². The van der Waals surface area contributed by atoms with Crippen LogP contribution in [0.5, 0.6) is 0 Å². The van der Waals surface area contributed by atoms with Crippen molar-refractivity contribution < 1.29 is 19.4 Å². The highest BCUT2D eigenvalue weighted by molar-refractivity contribution is 5.74. The predicted octanol–water partition coefficient (Wildman–Crippen LogP) is 1.88. The zero-order valence-electron chi connectivity index (χ0n) is 10.3. The Hall–Kier alpha value is -1.52. The number of ether oxygens (including phenoxy) is 1. The topological polar surface area (TPSA) is 66.8 Å². The minimum absolute atomic E-state index is 0.0120. The first-order valence-corrected chi connectivity index (χ1v) is 5.77. The van der Waals surface area contributed by atoms with Gasteiger partial charge in [0.1, 0.15) is 6.61 Å². The van der Waals surface area contributed by atoms with Crippen LogP contribution >= 0.6 is 0 Å². The van der Waals surface area contributed by atoms with Crippen LogP contribution < -0.4 is 0 Å². The Morgan fingerprint density at radius 2 is 2.12 bits per heavy atom. The van der Waals surface area contributed by atoms with Crippen LogP contribution in [0.15, 0.2) is 12.7 Å². The van der Waals surface area contributed by atoms with Crippen molar-refractivity contribution in [3.05, 3.63) is 12.7 Å². The SMILES string of the molecule is C=CCOC(=O)N1C(C)CCC(C(=O)O)C1C. The Morgan fingerprint density at radius 1 is 1.47 bits per heavy atom. The van der Waals surface area contributed by atoms with Crippen LogP contribution in [0.2, 0.25) is 0 Å². The Kier molecular flexibility index (Phi) is 4.54. The lowest BCUT2D eigenvalue weighted by atomic mass is 9.87. The summed E-state index contributed by atoms with van der Waals surface area (Å²) in [6.45, 7) is 7.27. The molecule has 1 aliphatic heterocycles. The van der Waals surface area contributed by atoms with E-state index >= 15 is 0 Å². The average molecular weight is 241 g/mol. The van der Waals surface area contributed by atoms with Crippen LogP contribution in [-0.4, -0.2) is 40.8 Å². The van der Waals surface area contributed by atoms with Crippen molar-refractivity contribution in [1.82, 2.24) is 4.90 Å². The zero-order chi connectivity index (χ0) is 13.0. The predicted molar refractivity (Wildman–Crippen MR) is 62.7 cm³/mol. The number of carboxylic acid groups (broad SMARTS) is 1. The number of piperidine rings is 1. The van der Waals surface area contributed by atoms with Crippen molar-refractivity contribution in [1.29, 1.82) is 0 Å². The highest BCUT2D eigenvalue weighted by Crippen LogP contribution is 2.28. The van der Waals surface area contributed by atoms with E-state index < -0.39 is 18.0 Å². The fourth-order valence-electron chi connectivity index (χ4n) is 2.28. The molecule has 1 N–H and O–H groups in total. The molecule has 0 spiro atoms. The number of carboxylic acids is 1. The van der Waals surface area contributed by atoms with Gasteiger partial charge in [0.2, 0.25) is 0 Å². The minimum Gasteiger partial charge on any atom is -0.481 e. The first-order chi connectivity index (χ1) is 7.99. The fraction of sp³-hybridized carbons (Fsp3) is 0.667. The van der Waals surface area contributed by atoms with Crippen molar-refractivity contribution in [2.75, 3.05) is 6.61 Å². The number of likely N-dealkylation sites (tertiary alicyclic amines) is 1. The monoisotopic (exact) mass is 241 g/mol. The van der Waals surface area contributed by atoms with Crippen LogP contribution in [0.1, 0.15) is 26.7 Å². The summed E-state index contributed by atoms with van der Waals surface area (Å²) in [6, 6.07) is -0.327. The van der Waals surface area contributed by atoms with E-state index in [9.17, 15) is 9.59 Å². The second-order valence-electron chi connectivity index (χ2n) is 4.38. The molecule has 1 saturated heterocycles. The van der Waals surface area contributed by atoms with Crippen LogP contribution in [0.4, 0.5) is 4.79 Å². The molecule has 0 bridgehead atoms. The van der Waals surface area contributed by atoms with Gasteiger partial charge in [-0.05, 0) is 26.7 Å². The van der Waals surface area contributed by atoms with E-state index in [0.717, 1.165) is 0 Å². The molecular formula is C12H19NO4. The van der Waals surface area contributed by atoms with Crippen molar-refractivity contribution in [3.8, 4) is 0 Å². The van der Waals surface area contributed by atoms with Gasteiger partial charge in [0.15, 0.2) is 0 Å². The lowest BCUT2D eigenvalue weighted by Crippen LogP contribution is -2.53. The van der Waals surface area contributed by atoms with Gasteiger partial charge in [-0.15, -0.1) is 0 Å². The molecule has 96 valence electrons. The molecule has 1 heterocycles. The summed E-state index contributed by atoms with van der Waals surface area (Å²) in [7, 11) is 0. The maximum Gasteiger partial charge on any atom is 0.410 e. The molecule has 3 atom stereocenters. The Balaban J connectivity index is 2.75. The summed E-state index contributed by atoms with van der Waals surface area (Å²) >= 11 is 0. The van der Waals surface area contributed by atoms with Crippen molar-refractivity contribution in [2.24, 2.45) is 5.92 Å². The Bertz CT molecular complexity index is 316. The van der Waals surface area contributed by atoms with Crippen LogP contribution in [-0.2, 0) is 9.53 Å². The van der Waals surface area contributed by atoms with E-state index in [4.69, 9.17) is 9.84 Å². The van der Waals surface area contributed by atoms with Gasteiger partial charge in [-0.25, -0.2) is 4.79 Å². The number of carbonyl (C=O) groups excluding carboxylic acids is 1. The Morgan fingerprint density at radius 3 is 2.65 bits per heavy atom. The van der Waals surface area contributed by atoms with E-state index in [1.54, 1.807) is 6.92 Å². The summed E-state index contributed by atoms with van der Waals surface area (Å²) < 4.78 is 4.98. The molecule has 17 heavy (non-hydrogen) atoms. The number of hydrogen-bond acceptors (Lipinski definition) is 3. The van der Waals surface area contributed by atoms with Gasteiger partial charge >= 0.3 is 12.1 Å². The molecule has 1 amide bonds. The van der Waals surface area contributed by atoms with E-state index in [1.165, 1.54) is 11.0 Å². The molecule has 0 saturated carbocycles. The first kappa shape index (κ1) is 13.5. The Labute approximate surface area is 101 Å². The summed E-state index contributed by atoms with van der Waals surface area (Å²) in [4.78, 5) is 24.4. The number of amides is 1. The third kappa shape index (κ3) is 2.99. The highest BCUT2D eigenvalue weighted by atomic mass is 16.6. The molecule has 1 aliphatic rings. The standard InChI is InChI=1S/C12H19NO4/c1-4-7-17-12(16)13-8(2)5-6-10(9(13)3)11(14)15/h4,8-10H,1,5-7H2,2-3H3,(H,14,15). The third-order valence-corrected chi connectivity index (χ3v) is 3.24. The van der Waals surface area contributed by atoms with Gasteiger partial charge in [0, 0.05) is 12.1 Å². The highest BCUT2D eigenvalue weighted by Gasteiger charge is 2.39.